The van der Waals surface area contributed by atoms with Crippen LogP contribution in [-0.4, -0.2) is 41.2 Å². The van der Waals surface area contributed by atoms with E-state index in [0.717, 1.165) is 26.1 Å². The molecule has 0 bridgehead atoms. The molecule has 0 aliphatic carbocycles. The molecule has 0 saturated carbocycles. The van der Waals surface area contributed by atoms with Crippen LogP contribution in [0, 0.1) is 0 Å². The van der Waals surface area contributed by atoms with Crippen LogP contribution in [-0.2, 0) is 6.42 Å². The SMILES string of the molecule is CCNC(Cc1ccc(O)cc1)C(C)(C)N(CC)CC. The van der Waals surface area contributed by atoms with Gasteiger partial charge in [0, 0.05) is 11.6 Å². The molecule has 1 aromatic carbocycles. The first-order valence-electron chi connectivity index (χ1n) is 7.72. The van der Waals surface area contributed by atoms with Gasteiger partial charge in [0.05, 0.1) is 0 Å². The van der Waals surface area contributed by atoms with Crippen LogP contribution in [0.4, 0.5) is 0 Å². The Balaban J connectivity index is 2.89. The molecule has 0 saturated heterocycles. The van der Waals surface area contributed by atoms with Gasteiger partial charge in [0.15, 0.2) is 0 Å². The number of likely N-dealkylation sites (N-methyl/N-ethyl adjacent to an activating group) is 2. The minimum Gasteiger partial charge on any atom is -0.508 e. The van der Waals surface area contributed by atoms with Crippen LogP contribution in [0.5, 0.6) is 5.75 Å². The van der Waals surface area contributed by atoms with Crippen molar-refractivity contribution in [2.75, 3.05) is 19.6 Å². The average Bonchev–Trinajstić information content (AvgIpc) is 2.41. The third kappa shape index (κ3) is 4.22. The molecular weight excluding hydrogens is 248 g/mol. The van der Waals surface area contributed by atoms with Crippen molar-refractivity contribution >= 4 is 0 Å². The maximum Gasteiger partial charge on any atom is 0.115 e. The van der Waals surface area contributed by atoms with Crippen molar-refractivity contribution in [1.82, 2.24) is 10.2 Å². The molecule has 0 radical (unpaired) electrons. The van der Waals surface area contributed by atoms with Gasteiger partial charge < -0.3 is 10.4 Å². The zero-order chi connectivity index (χ0) is 15.2. The van der Waals surface area contributed by atoms with Crippen LogP contribution in [0.25, 0.3) is 0 Å². The van der Waals surface area contributed by atoms with Crippen LogP contribution in [0.3, 0.4) is 0 Å². The molecule has 2 N–H and O–H groups in total. The minimum atomic E-state index is 0.0946. The Kier molecular flexibility index (Phi) is 6.50. The number of rotatable bonds is 8. The van der Waals surface area contributed by atoms with Crippen LogP contribution in [0.1, 0.15) is 40.2 Å². The molecule has 3 heteroatoms. The Bertz CT molecular complexity index is 382. The molecule has 3 nitrogen and oxygen atoms in total. The van der Waals surface area contributed by atoms with Crippen molar-refractivity contribution in [3.05, 3.63) is 29.8 Å². The molecule has 0 amide bonds. The van der Waals surface area contributed by atoms with E-state index < -0.39 is 0 Å². The summed E-state index contributed by atoms with van der Waals surface area (Å²) in [6, 6.07) is 7.94. The fourth-order valence-corrected chi connectivity index (χ4v) is 2.94. The van der Waals surface area contributed by atoms with Crippen LogP contribution < -0.4 is 5.32 Å². The summed E-state index contributed by atoms with van der Waals surface area (Å²) in [6.07, 6.45) is 0.970. The summed E-state index contributed by atoms with van der Waals surface area (Å²) in [7, 11) is 0. The van der Waals surface area contributed by atoms with Gasteiger partial charge in [-0.3, -0.25) is 4.90 Å². The summed E-state index contributed by atoms with van der Waals surface area (Å²) in [5, 5.41) is 13.0. The highest BCUT2D eigenvalue weighted by Crippen LogP contribution is 2.22. The number of hydrogen-bond acceptors (Lipinski definition) is 3. The molecule has 0 aliphatic rings. The third-order valence-electron chi connectivity index (χ3n) is 4.26. The second kappa shape index (κ2) is 7.65. The molecule has 1 unspecified atom stereocenters. The lowest BCUT2D eigenvalue weighted by molar-refractivity contribution is 0.0918. The lowest BCUT2D eigenvalue weighted by Gasteiger charge is -2.44. The largest absolute Gasteiger partial charge is 0.508 e. The Morgan fingerprint density at radius 3 is 2.10 bits per heavy atom. The first kappa shape index (κ1) is 17.0. The van der Waals surface area contributed by atoms with Gasteiger partial charge in [-0.1, -0.05) is 32.9 Å². The van der Waals surface area contributed by atoms with Crippen molar-refractivity contribution in [3.8, 4) is 5.75 Å². The Hall–Kier alpha value is -1.06. The molecule has 0 aliphatic heterocycles. The highest BCUT2D eigenvalue weighted by molar-refractivity contribution is 5.27. The highest BCUT2D eigenvalue weighted by Gasteiger charge is 2.33. The van der Waals surface area contributed by atoms with Gasteiger partial charge in [0.2, 0.25) is 0 Å². The van der Waals surface area contributed by atoms with Gasteiger partial charge in [-0.05, 0) is 57.6 Å². The number of phenols is 1. The van der Waals surface area contributed by atoms with Crippen LogP contribution in [0.15, 0.2) is 24.3 Å². The number of benzene rings is 1. The molecule has 114 valence electrons. The highest BCUT2D eigenvalue weighted by atomic mass is 16.3. The first-order chi connectivity index (χ1) is 9.45. The average molecular weight is 278 g/mol. The predicted octanol–water partition coefficient (Wildman–Crippen LogP) is 3.03. The second-order valence-electron chi connectivity index (χ2n) is 5.81. The normalized spacial score (nSPS) is 13.7. The molecule has 1 rings (SSSR count). The monoisotopic (exact) mass is 278 g/mol. The topological polar surface area (TPSA) is 35.5 Å². The zero-order valence-electron chi connectivity index (χ0n) is 13.6. The quantitative estimate of drug-likeness (QED) is 0.767. The van der Waals surface area contributed by atoms with Gasteiger partial charge in [-0.25, -0.2) is 0 Å². The van der Waals surface area contributed by atoms with Crippen LogP contribution in [0.2, 0.25) is 0 Å². The zero-order valence-corrected chi connectivity index (χ0v) is 13.6. The van der Waals surface area contributed by atoms with Crippen molar-refractivity contribution in [1.29, 1.82) is 0 Å². The number of phenolic OH excluding ortho intramolecular Hbond substituents is 1. The van der Waals surface area contributed by atoms with E-state index in [9.17, 15) is 5.11 Å². The maximum atomic E-state index is 9.39. The van der Waals surface area contributed by atoms with Gasteiger partial charge >= 0.3 is 0 Å². The lowest BCUT2D eigenvalue weighted by atomic mass is 9.87. The Morgan fingerprint density at radius 1 is 1.10 bits per heavy atom. The van der Waals surface area contributed by atoms with E-state index in [1.807, 2.05) is 12.1 Å². The summed E-state index contributed by atoms with van der Waals surface area (Å²) < 4.78 is 0. The maximum absolute atomic E-state index is 9.39. The van der Waals surface area contributed by atoms with E-state index >= 15 is 0 Å². The van der Waals surface area contributed by atoms with Gasteiger partial charge in [-0.15, -0.1) is 0 Å². The molecular formula is C17H30N2O. The van der Waals surface area contributed by atoms with Crippen molar-refractivity contribution < 1.29 is 5.11 Å². The number of nitrogens with zero attached hydrogens (tertiary/aromatic N) is 1. The van der Waals surface area contributed by atoms with E-state index in [1.165, 1.54) is 5.56 Å². The third-order valence-corrected chi connectivity index (χ3v) is 4.26. The molecule has 0 fully saturated rings. The van der Waals surface area contributed by atoms with Gasteiger partial charge in [0.1, 0.15) is 5.75 Å². The fraction of sp³-hybridized carbons (Fsp3) is 0.647. The number of nitrogens with one attached hydrogen (secondary N) is 1. The van der Waals surface area contributed by atoms with E-state index in [-0.39, 0.29) is 5.54 Å². The van der Waals surface area contributed by atoms with E-state index in [2.05, 4.69) is 44.8 Å². The first-order valence-corrected chi connectivity index (χ1v) is 7.72. The Labute approximate surface area is 124 Å². The van der Waals surface area contributed by atoms with Crippen LogP contribution >= 0.6 is 0 Å². The summed E-state index contributed by atoms with van der Waals surface area (Å²) in [4.78, 5) is 2.50. The lowest BCUT2D eigenvalue weighted by Crippen LogP contribution is -2.58. The van der Waals surface area contributed by atoms with Crippen molar-refractivity contribution in [2.45, 2.75) is 52.6 Å². The minimum absolute atomic E-state index is 0.0946. The number of hydrogen-bond donors (Lipinski definition) is 2. The van der Waals surface area contributed by atoms with E-state index in [4.69, 9.17) is 0 Å². The molecule has 0 spiro atoms. The summed E-state index contributed by atoms with van der Waals surface area (Å²) in [5.74, 6) is 0.330. The standard InChI is InChI=1S/C17H30N2O/c1-6-18-16(17(4,5)19(7-2)8-3)13-14-9-11-15(20)12-10-14/h9-12,16,18,20H,6-8,13H2,1-5H3. The summed E-state index contributed by atoms with van der Waals surface area (Å²) in [6.45, 7) is 14.3. The Morgan fingerprint density at radius 2 is 1.65 bits per heavy atom. The summed E-state index contributed by atoms with van der Waals surface area (Å²) in [5.41, 5.74) is 1.35. The van der Waals surface area contributed by atoms with Gasteiger partial charge in [0.25, 0.3) is 0 Å². The predicted molar refractivity (Wildman–Crippen MR) is 86.3 cm³/mol. The number of aromatic hydroxyl groups is 1. The molecule has 0 heterocycles. The van der Waals surface area contributed by atoms with E-state index in [1.54, 1.807) is 12.1 Å². The molecule has 1 atom stereocenters. The van der Waals surface area contributed by atoms with Crippen molar-refractivity contribution in [2.24, 2.45) is 0 Å². The summed E-state index contributed by atoms with van der Waals surface area (Å²) >= 11 is 0. The van der Waals surface area contributed by atoms with Gasteiger partial charge in [-0.2, -0.15) is 0 Å². The molecule has 0 aromatic heterocycles. The molecule has 1 aromatic rings. The van der Waals surface area contributed by atoms with E-state index in [0.29, 0.717) is 11.8 Å². The smallest absolute Gasteiger partial charge is 0.115 e. The second-order valence-corrected chi connectivity index (χ2v) is 5.81. The van der Waals surface area contributed by atoms with Crippen molar-refractivity contribution in [3.63, 3.8) is 0 Å². The fourth-order valence-electron chi connectivity index (χ4n) is 2.94. The molecule has 20 heavy (non-hydrogen) atoms.